The molecule has 0 unspecified atom stereocenters. The Kier molecular flexibility index (Phi) is 2.84. The Morgan fingerprint density at radius 2 is 1.88 bits per heavy atom. The molecule has 1 aliphatic heterocycles. The fourth-order valence-electron chi connectivity index (χ4n) is 2.08. The van der Waals surface area contributed by atoms with Crippen molar-refractivity contribution >= 4 is 27.7 Å². The van der Waals surface area contributed by atoms with E-state index < -0.39 is 0 Å². The molecule has 1 aliphatic rings. The van der Waals surface area contributed by atoms with Crippen molar-refractivity contribution in [2.24, 2.45) is 0 Å². The Morgan fingerprint density at radius 3 is 2.44 bits per heavy atom. The summed E-state index contributed by atoms with van der Waals surface area (Å²) in [4.78, 5) is 22.8. The number of rotatable bonds is 1. The van der Waals surface area contributed by atoms with Gasteiger partial charge in [0.05, 0.1) is 0 Å². The van der Waals surface area contributed by atoms with Gasteiger partial charge in [0.15, 0.2) is 0 Å². The van der Waals surface area contributed by atoms with Crippen molar-refractivity contribution in [1.29, 1.82) is 0 Å². The van der Waals surface area contributed by atoms with E-state index in [0.29, 0.717) is 12.8 Å². The molecule has 0 aromatic heterocycles. The molecule has 0 atom stereocenters. The van der Waals surface area contributed by atoms with E-state index in [-0.39, 0.29) is 17.2 Å². The number of nitrogens with one attached hydrogen (secondary N) is 1. The van der Waals surface area contributed by atoms with E-state index in [1.54, 1.807) is 0 Å². The first-order chi connectivity index (χ1) is 7.49. The average molecular weight is 282 g/mol. The first-order valence-electron chi connectivity index (χ1n) is 5.08. The molecule has 0 spiro atoms. The fourth-order valence-corrected chi connectivity index (χ4v) is 2.48. The monoisotopic (exact) mass is 281 g/mol. The number of amides is 2. The van der Waals surface area contributed by atoms with Crippen LogP contribution in [0.15, 0.2) is 28.7 Å². The molecule has 1 saturated heterocycles. The van der Waals surface area contributed by atoms with Crippen LogP contribution < -0.4 is 5.32 Å². The lowest BCUT2D eigenvalue weighted by molar-refractivity contribution is -0.135. The number of piperidine rings is 1. The van der Waals surface area contributed by atoms with Gasteiger partial charge in [-0.3, -0.25) is 14.9 Å². The third-order valence-corrected chi connectivity index (χ3v) is 3.40. The van der Waals surface area contributed by atoms with Crippen LogP contribution in [0.25, 0.3) is 0 Å². The average Bonchev–Trinajstić information content (AvgIpc) is 2.15. The first-order valence-corrected chi connectivity index (χ1v) is 5.88. The quantitative estimate of drug-likeness (QED) is 0.802. The van der Waals surface area contributed by atoms with Gasteiger partial charge >= 0.3 is 0 Å². The van der Waals surface area contributed by atoms with E-state index in [1.165, 1.54) is 0 Å². The smallest absolute Gasteiger partial charge is 0.227 e. The van der Waals surface area contributed by atoms with Gasteiger partial charge < -0.3 is 0 Å². The fraction of sp³-hybridized carbons (Fsp3) is 0.333. The van der Waals surface area contributed by atoms with Crippen LogP contribution in [0.1, 0.15) is 25.3 Å². The molecule has 0 aliphatic carbocycles. The Labute approximate surface area is 102 Å². The predicted molar refractivity (Wildman–Crippen MR) is 63.9 cm³/mol. The molecule has 1 fully saturated rings. The zero-order valence-electron chi connectivity index (χ0n) is 8.92. The van der Waals surface area contributed by atoms with Gasteiger partial charge in [-0.2, -0.15) is 0 Å². The lowest BCUT2D eigenvalue weighted by Gasteiger charge is -2.32. The maximum absolute atomic E-state index is 11.4. The lowest BCUT2D eigenvalue weighted by Crippen LogP contribution is -2.45. The minimum Gasteiger partial charge on any atom is -0.296 e. The maximum Gasteiger partial charge on any atom is 0.227 e. The molecule has 84 valence electrons. The topological polar surface area (TPSA) is 46.2 Å². The minimum absolute atomic E-state index is 0.196. The van der Waals surface area contributed by atoms with Crippen molar-refractivity contribution < 1.29 is 9.59 Å². The van der Waals surface area contributed by atoms with E-state index >= 15 is 0 Å². The van der Waals surface area contributed by atoms with Crippen molar-refractivity contribution in [3.05, 3.63) is 34.3 Å². The van der Waals surface area contributed by atoms with Crippen molar-refractivity contribution in [3.63, 3.8) is 0 Å². The number of imide groups is 1. The first kappa shape index (κ1) is 11.3. The Balaban J connectivity index is 2.37. The highest BCUT2D eigenvalue weighted by molar-refractivity contribution is 9.10. The summed E-state index contributed by atoms with van der Waals surface area (Å²) >= 11 is 3.40. The van der Waals surface area contributed by atoms with Crippen LogP contribution in [0, 0.1) is 0 Å². The molecule has 2 amide bonds. The van der Waals surface area contributed by atoms with Crippen LogP contribution in [0.2, 0.25) is 0 Å². The van der Waals surface area contributed by atoms with Crippen LogP contribution in [-0.2, 0) is 15.0 Å². The van der Waals surface area contributed by atoms with Crippen LogP contribution in [0.3, 0.4) is 0 Å². The van der Waals surface area contributed by atoms with Crippen LogP contribution in [0.5, 0.6) is 0 Å². The van der Waals surface area contributed by atoms with Gasteiger partial charge in [0, 0.05) is 22.7 Å². The van der Waals surface area contributed by atoms with Gasteiger partial charge in [0.25, 0.3) is 0 Å². The van der Waals surface area contributed by atoms with Gasteiger partial charge in [-0.25, -0.2) is 0 Å². The molecule has 4 heteroatoms. The molecule has 1 heterocycles. The van der Waals surface area contributed by atoms with E-state index in [0.717, 1.165) is 10.0 Å². The number of carbonyl (C=O) groups excluding carboxylic acids is 2. The van der Waals surface area contributed by atoms with E-state index in [4.69, 9.17) is 0 Å². The van der Waals surface area contributed by atoms with Crippen molar-refractivity contribution in [3.8, 4) is 0 Å². The minimum atomic E-state index is -0.386. The number of benzene rings is 1. The summed E-state index contributed by atoms with van der Waals surface area (Å²) in [7, 11) is 0. The lowest BCUT2D eigenvalue weighted by atomic mass is 9.74. The highest BCUT2D eigenvalue weighted by Gasteiger charge is 2.36. The molecular formula is C12H12BrNO2. The molecule has 0 saturated carbocycles. The Bertz CT molecular complexity index is 440. The second-order valence-corrected chi connectivity index (χ2v) is 5.31. The van der Waals surface area contributed by atoms with Gasteiger partial charge in [-0.05, 0) is 17.7 Å². The number of halogens is 1. The second kappa shape index (κ2) is 4.01. The molecular weight excluding hydrogens is 270 g/mol. The van der Waals surface area contributed by atoms with Crippen molar-refractivity contribution in [1.82, 2.24) is 5.32 Å². The molecule has 3 nitrogen and oxygen atoms in total. The molecule has 1 aromatic rings. The Morgan fingerprint density at radius 1 is 1.25 bits per heavy atom. The van der Waals surface area contributed by atoms with Gasteiger partial charge in [0.2, 0.25) is 11.8 Å². The summed E-state index contributed by atoms with van der Waals surface area (Å²) < 4.78 is 0.963. The van der Waals surface area contributed by atoms with E-state index in [1.807, 2.05) is 31.2 Å². The molecule has 16 heavy (non-hydrogen) atoms. The largest absolute Gasteiger partial charge is 0.296 e. The highest BCUT2D eigenvalue weighted by atomic mass is 79.9. The summed E-state index contributed by atoms with van der Waals surface area (Å²) in [6, 6.07) is 7.77. The van der Waals surface area contributed by atoms with Gasteiger partial charge in [0.1, 0.15) is 0 Å². The standard InChI is InChI=1S/C12H12BrNO2/c1-12(6-10(15)14-11(16)7-12)8-3-2-4-9(13)5-8/h2-5H,6-7H2,1H3,(H,14,15,16). The zero-order chi connectivity index (χ0) is 11.8. The molecule has 0 bridgehead atoms. The highest BCUT2D eigenvalue weighted by Crippen LogP contribution is 2.34. The van der Waals surface area contributed by atoms with Crippen molar-refractivity contribution in [2.75, 3.05) is 0 Å². The van der Waals surface area contributed by atoms with Crippen molar-refractivity contribution in [2.45, 2.75) is 25.2 Å². The van der Waals surface area contributed by atoms with Crippen LogP contribution >= 0.6 is 15.9 Å². The normalized spacial score (nSPS) is 19.4. The molecule has 1 aromatic carbocycles. The third-order valence-electron chi connectivity index (χ3n) is 2.90. The summed E-state index contributed by atoms with van der Waals surface area (Å²) in [6.07, 6.45) is 0.713. The number of hydrogen-bond acceptors (Lipinski definition) is 2. The van der Waals surface area contributed by atoms with E-state index in [9.17, 15) is 9.59 Å². The zero-order valence-corrected chi connectivity index (χ0v) is 10.5. The van der Waals surface area contributed by atoms with E-state index in [2.05, 4.69) is 21.2 Å². The summed E-state index contributed by atoms with van der Waals surface area (Å²) in [5, 5.41) is 2.33. The second-order valence-electron chi connectivity index (χ2n) is 4.40. The van der Waals surface area contributed by atoms with Gasteiger partial charge in [-0.15, -0.1) is 0 Å². The predicted octanol–water partition coefficient (Wildman–Crippen LogP) is 2.14. The number of carbonyl (C=O) groups is 2. The molecule has 2 rings (SSSR count). The van der Waals surface area contributed by atoms with Gasteiger partial charge in [-0.1, -0.05) is 35.0 Å². The molecule has 1 N–H and O–H groups in total. The number of hydrogen-bond donors (Lipinski definition) is 1. The summed E-state index contributed by atoms with van der Waals surface area (Å²) in [5.74, 6) is -0.391. The van der Waals surface area contributed by atoms with Crippen LogP contribution in [-0.4, -0.2) is 11.8 Å². The molecule has 0 radical (unpaired) electrons. The van der Waals surface area contributed by atoms with Crippen LogP contribution in [0.4, 0.5) is 0 Å². The maximum atomic E-state index is 11.4. The third kappa shape index (κ3) is 2.16. The summed E-state index contributed by atoms with van der Waals surface area (Å²) in [5.41, 5.74) is 0.633. The SMILES string of the molecule is CC1(c2cccc(Br)c2)CC(=O)NC(=O)C1. The summed E-state index contributed by atoms with van der Waals surface area (Å²) in [6.45, 7) is 1.95. The Hall–Kier alpha value is -1.16.